The van der Waals surface area contributed by atoms with Gasteiger partial charge in [-0.3, -0.25) is 9.11 Å². The number of anilines is 1. The van der Waals surface area contributed by atoms with Gasteiger partial charge in [0.05, 0.1) is 21.6 Å². The molecule has 2 heterocycles. The molecule has 2 aromatic rings. The number of unbranched alkanes of at least 4 members (excludes halogenated alkanes) is 2. The molecule has 0 spiro atoms. The first-order valence-electron chi connectivity index (χ1n) is 17.7. The van der Waals surface area contributed by atoms with Gasteiger partial charge in [0.2, 0.25) is 5.69 Å². The normalized spacial score (nSPS) is 19.9. The molecule has 0 radical (unpaired) electrons. The van der Waals surface area contributed by atoms with E-state index in [1.54, 1.807) is 30.3 Å². The van der Waals surface area contributed by atoms with Gasteiger partial charge in [0, 0.05) is 52.5 Å². The van der Waals surface area contributed by atoms with E-state index in [0.717, 1.165) is 82.9 Å². The van der Waals surface area contributed by atoms with Crippen molar-refractivity contribution in [3.63, 3.8) is 0 Å². The van der Waals surface area contributed by atoms with E-state index in [1.165, 1.54) is 6.07 Å². The van der Waals surface area contributed by atoms with Crippen LogP contribution < -0.4 is 4.90 Å². The first kappa shape index (κ1) is 41.0. The Balaban J connectivity index is 1.51. The smallest absolute Gasteiger partial charge is 0.335 e. The van der Waals surface area contributed by atoms with Gasteiger partial charge in [-0.15, -0.1) is 0 Å². The summed E-state index contributed by atoms with van der Waals surface area (Å²) in [6, 6.07) is 9.80. The summed E-state index contributed by atoms with van der Waals surface area (Å²) < 4.78 is 67.9. The topological polar surface area (TPSA) is 152 Å². The highest BCUT2D eigenvalue weighted by Gasteiger charge is 2.45. The number of allylic oxidation sites excluding steroid dienone is 8. The lowest BCUT2D eigenvalue weighted by Gasteiger charge is -2.27. The molecule has 3 aliphatic rings. The van der Waals surface area contributed by atoms with Crippen LogP contribution in [0.15, 0.2) is 87.5 Å². The molecule has 0 amide bonds. The number of carboxylic acid groups (broad SMARTS) is 1. The Labute approximate surface area is 323 Å². The first-order chi connectivity index (χ1) is 24.8. The predicted molar refractivity (Wildman–Crippen MR) is 214 cm³/mol. The van der Waals surface area contributed by atoms with Crippen molar-refractivity contribution in [3.05, 3.63) is 99.3 Å². The minimum atomic E-state index is -4.38. The number of hydrogen-bond acceptors (Lipinski definition) is 7. The van der Waals surface area contributed by atoms with Crippen LogP contribution in [0.25, 0.3) is 0 Å². The van der Waals surface area contributed by atoms with Crippen LogP contribution in [0.5, 0.6) is 0 Å². The Bertz CT molecular complexity index is 2180. The van der Waals surface area contributed by atoms with Crippen LogP contribution in [0.2, 0.25) is 0 Å². The van der Waals surface area contributed by atoms with E-state index < -0.39 is 37.0 Å². The van der Waals surface area contributed by atoms with Gasteiger partial charge in [0.15, 0.2) is 5.71 Å². The molecule has 14 heteroatoms. The van der Waals surface area contributed by atoms with E-state index in [0.29, 0.717) is 24.5 Å². The fraction of sp³-hybridized carbons (Fsp3) is 0.436. The number of thiol groups is 1. The average molecular weight is 804 g/mol. The van der Waals surface area contributed by atoms with Crippen LogP contribution in [0, 0.1) is 0 Å². The molecule has 3 N–H and O–H groups in total. The molecule has 0 saturated carbocycles. The SMILES string of the molecule is CC1(C)C(/C=C/C2=C(Cl)C(=C/C=C3/N(CCCCS)c4ccc(S(=O)(=O)O)cc4C3(C)C)/CCC2)=[N+](CCCCS(=O)(=O)O)c2ccc(C(=O)O)cc21. The third-order valence-corrected chi connectivity index (χ3v) is 12.9. The van der Waals surface area contributed by atoms with E-state index in [2.05, 4.69) is 28.2 Å². The number of carboxylic acids is 1. The zero-order chi connectivity index (χ0) is 38.9. The maximum Gasteiger partial charge on any atom is 0.335 e. The van der Waals surface area contributed by atoms with E-state index in [4.69, 9.17) is 11.6 Å². The van der Waals surface area contributed by atoms with Crippen LogP contribution in [0.1, 0.15) is 94.1 Å². The highest BCUT2D eigenvalue weighted by atomic mass is 35.5. The van der Waals surface area contributed by atoms with Gasteiger partial charge in [-0.2, -0.15) is 34.0 Å². The van der Waals surface area contributed by atoms with Gasteiger partial charge < -0.3 is 10.0 Å². The molecule has 10 nitrogen and oxygen atoms in total. The summed E-state index contributed by atoms with van der Waals surface area (Å²) in [5.74, 6) is -0.603. The number of hydrogen-bond donors (Lipinski definition) is 4. The second-order valence-corrected chi connectivity index (χ2v) is 18.6. The summed E-state index contributed by atoms with van der Waals surface area (Å²) in [5.41, 5.74) is 6.30. The molecule has 0 saturated heterocycles. The third-order valence-electron chi connectivity index (χ3n) is 10.5. The Morgan fingerprint density at radius 1 is 0.925 bits per heavy atom. The van der Waals surface area contributed by atoms with Crippen molar-refractivity contribution < 1.29 is 40.4 Å². The lowest BCUT2D eigenvalue weighted by Crippen LogP contribution is -2.28. The minimum absolute atomic E-state index is 0.140. The van der Waals surface area contributed by atoms with Crippen LogP contribution >= 0.6 is 24.2 Å². The monoisotopic (exact) mass is 803 g/mol. The van der Waals surface area contributed by atoms with Crippen molar-refractivity contribution >= 4 is 67.5 Å². The summed E-state index contributed by atoms with van der Waals surface area (Å²) >= 11 is 11.5. The third kappa shape index (κ3) is 8.87. The maximum atomic E-state index is 12.0. The highest BCUT2D eigenvalue weighted by molar-refractivity contribution is 7.86. The minimum Gasteiger partial charge on any atom is -0.478 e. The number of fused-ring (bicyclic) bond motifs is 2. The maximum absolute atomic E-state index is 12.0. The number of benzene rings is 2. The Morgan fingerprint density at radius 2 is 1.66 bits per heavy atom. The quantitative estimate of drug-likeness (QED) is 0.0641. The molecular formula is C39H48ClN2O8S3+. The molecular weight excluding hydrogens is 756 g/mol. The molecule has 0 aromatic heterocycles. The second kappa shape index (κ2) is 15.9. The van der Waals surface area contributed by atoms with Crippen LogP contribution in [0.4, 0.5) is 11.4 Å². The Morgan fingerprint density at radius 3 is 2.32 bits per heavy atom. The molecule has 2 aromatic carbocycles. The van der Waals surface area contributed by atoms with Gasteiger partial charge >= 0.3 is 5.97 Å². The first-order valence-corrected chi connectivity index (χ1v) is 21.8. The zero-order valence-corrected chi connectivity index (χ0v) is 33.8. The van der Waals surface area contributed by atoms with Crippen molar-refractivity contribution in [2.45, 2.75) is 88.4 Å². The number of carbonyl (C=O) groups is 1. The molecule has 0 fully saturated rings. The van der Waals surface area contributed by atoms with Crippen molar-refractivity contribution in [2.24, 2.45) is 0 Å². The summed E-state index contributed by atoms with van der Waals surface area (Å²) in [5, 5.41) is 10.4. The lowest BCUT2D eigenvalue weighted by atomic mass is 9.80. The van der Waals surface area contributed by atoms with E-state index in [9.17, 15) is 35.8 Å². The van der Waals surface area contributed by atoms with Crippen LogP contribution in [-0.4, -0.2) is 71.9 Å². The Kier molecular flexibility index (Phi) is 12.3. The summed E-state index contributed by atoms with van der Waals surface area (Å²) in [7, 11) is -8.46. The summed E-state index contributed by atoms with van der Waals surface area (Å²) in [4.78, 5) is 13.9. The van der Waals surface area contributed by atoms with Crippen molar-refractivity contribution in [1.82, 2.24) is 0 Å². The average Bonchev–Trinajstić information content (AvgIpc) is 3.42. The fourth-order valence-electron chi connectivity index (χ4n) is 7.61. The van der Waals surface area contributed by atoms with Crippen LogP contribution in [0.3, 0.4) is 0 Å². The van der Waals surface area contributed by atoms with Gasteiger partial charge in [0.25, 0.3) is 20.2 Å². The molecule has 0 unspecified atom stereocenters. The van der Waals surface area contributed by atoms with E-state index >= 15 is 0 Å². The molecule has 5 rings (SSSR count). The number of halogens is 1. The highest BCUT2D eigenvalue weighted by Crippen LogP contribution is 2.49. The van der Waals surface area contributed by atoms with Gasteiger partial charge in [-0.05, 0) is 111 Å². The summed E-state index contributed by atoms with van der Waals surface area (Å²) in [6.07, 6.45) is 13.1. The van der Waals surface area contributed by atoms with E-state index in [-0.39, 0.29) is 22.6 Å². The predicted octanol–water partition coefficient (Wildman–Crippen LogP) is 8.23. The second-order valence-electron chi connectivity index (χ2n) is 14.8. The number of rotatable bonds is 14. The van der Waals surface area contributed by atoms with Crippen LogP contribution in [-0.2, 0) is 31.1 Å². The van der Waals surface area contributed by atoms with Gasteiger partial charge in [-0.25, -0.2) is 4.79 Å². The fourth-order valence-corrected chi connectivity index (χ4v) is 9.22. The number of nitrogens with zero attached hydrogens (tertiary/aromatic N) is 2. The summed E-state index contributed by atoms with van der Waals surface area (Å²) in [6.45, 7) is 9.34. The number of aromatic carboxylic acids is 1. The van der Waals surface area contributed by atoms with Crippen molar-refractivity contribution in [1.29, 1.82) is 0 Å². The molecule has 1 aliphatic carbocycles. The molecule has 286 valence electrons. The molecule has 0 bridgehead atoms. The Hall–Kier alpha value is -3.20. The van der Waals surface area contributed by atoms with Crippen molar-refractivity contribution in [3.8, 4) is 0 Å². The van der Waals surface area contributed by atoms with Crippen molar-refractivity contribution in [2.75, 3.05) is 29.5 Å². The van der Waals surface area contributed by atoms with Gasteiger partial charge in [-0.1, -0.05) is 37.6 Å². The molecule has 53 heavy (non-hydrogen) atoms. The zero-order valence-electron chi connectivity index (χ0n) is 30.5. The molecule has 2 aliphatic heterocycles. The molecule has 0 atom stereocenters. The lowest BCUT2D eigenvalue weighted by molar-refractivity contribution is -0.438. The van der Waals surface area contributed by atoms with Gasteiger partial charge in [0.1, 0.15) is 6.54 Å². The van der Waals surface area contributed by atoms with E-state index in [1.807, 2.05) is 45.9 Å². The standard InChI is InChI=1S/C39H47ClN2O8S3/c1-38(2)30-24-28(37(43)44)12-16-32(30)42(21-6-8-23-52(45,46)47)34(38)18-13-26-10-9-11-27(36(26)40)14-19-35-39(3,4)31-25-29(53(48,49)50)15-17-33(31)41(35)20-5-7-22-51/h12-19,24-25H,5-11,20-23H2,1-4H3,(H3-,43,44,45,46,47,48,49,50,51)/p+1. The largest absolute Gasteiger partial charge is 0.478 e.